The minimum Gasteiger partial charge on any atom is -0.387 e. The zero-order chi connectivity index (χ0) is 11.0. The first kappa shape index (κ1) is 10.4. The van der Waals surface area contributed by atoms with Crippen LogP contribution in [-0.2, 0) is 6.42 Å². The van der Waals surface area contributed by atoms with E-state index in [4.69, 9.17) is 0 Å². The molecule has 0 bridgehead atoms. The number of fused-ring (bicyclic) bond motifs is 1. The monoisotopic (exact) mass is 267 g/mol. The lowest BCUT2D eigenvalue weighted by molar-refractivity contribution is 0.183. The van der Waals surface area contributed by atoms with Crippen molar-refractivity contribution in [2.24, 2.45) is 0 Å². The molecular weight excluding hydrogens is 258 g/mol. The summed E-state index contributed by atoms with van der Waals surface area (Å²) >= 11 is 4.99. The Labute approximate surface area is 105 Å². The molecule has 3 aromatic rings. The standard InChI is InChI=1S/C11H9NOS3/c13-8(3-7-5-12-6-15-7)10-4-11-9(16-10)1-2-14-11/h1-2,4-6,8,13H,3H2. The molecule has 0 aromatic carbocycles. The van der Waals surface area contributed by atoms with Crippen molar-refractivity contribution in [2.45, 2.75) is 12.5 Å². The average molecular weight is 267 g/mol. The SMILES string of the molecule is OC(Cc1cncs1)c1cc2sccc2s1. The third-order valence-corrected chi connectivity index (χ3v) is 5.36. The Morgan fingerprint density at radius 3 is 3.00 bits per heavy atom. The van der Waals surface area contributed by atoms with Gasteiger partial charge < -0.3 is 5.11 Å². The first-order chi connectivity index (χ1) is 7.83. The molecule has 3 rings (SSSR count). The lowest BCUT2D eigenvalue weighted by Crippen LogP contribution is -1.97. The highest BCUT2D eigenvalue weighted by Crippen LogP contribution is 2.34. The second-order valence-electron chi connectivity index (χ2n) is 3.49. The Kier molecular flexibility index (Phi) is 2.77. The number of nitrogens with zero attached hydrogens (tertiary/aromatic N) is 1. The van der Waals surface area contributed by atoms with Gasteiger partial charge in [0, 0.05) is 31.8 Å². The molecule has 0 saturated heterocycles. The molecule has 0 aliphatic heterocycles. The van der Waals surface area contributed by atoms with Crippen LogP contribution in [0, 0.1) is 0 Å². The number of rotatable bonds is 3. The number of hydrogen-bond donors (Lipinski definition) is 1. The van der Waals surface area contributed by atoms with Crippen molar-refractivity contribution in [3.05, 3.63) is 39.0 Å². The fraction of sp³-hybridized carbons (Fsp3) is 0.182. The Balaban J connectivity index is 1.84. The van der Waals surface area contributed by atoms with Crippen LogP contribution >= 0.6 is 34.0 Å². The van der Waals surface area contributed by atoms with Crippen LogP contribution in [0.1, 0.15) is 15.9 Å². The van der Waals surface area contributed by atoms with Gasteiger partial charge in [0.05, 0.1) is 11.6 Å². The summed E-state index contributed by atoms with van der Waals surface area (Å²) < 4.78 is 2.53. The molecule has 3 heterocycles. The van der Waals surface area contributed by atoms with Crippen molar-refractivity contribution in [3.63, 3.8) is 0 Å². The number of aliphatic hydroxyl groups is 1. The molecule has 5 heteroatoms. The maximum absolute atomic E-state index is 10.1. The zero-order valence-electron chi connectivity index (χ0n) is 8.29. The summed E-state index contributed by atoms with van der Waals surface area (Å²) in [5.41, 5.74) is 1.80. The van der Waals surface area contributed by atoms with Crippen molar-refractivity contribution in [2.75, 3.05) is 0 Å². The molecule has 0 amide bonds. The van der Waals surface area contributed by atoms with Gasteiger partial charge in [0.25, 0.3) is 0 Å². The van der Waals surface area contributed by atoms with Gasteiger partial charge in [0.15, 0.2) is 0 Å². The molecule has 2 nitrogen and oxygen atoms in total. The molecule has 1 unspecified atom stereocenters. The van der Waals surface area contributed by atoms with E-state index in [1.807, 2.05) is 6.20 Å². The maximum atomic E-state index is 10.1. The molecule has 1 atom stereocenters. The fourth-order valence-corrected chi connectivity index (χ4v) is 4.32. The minimum atomic E-state index is -0.398. The predicted molar refractivity (Wildman–Crippen MR) is 70.5 cm³/mol. The quantitative estimate of drug-likeness (QED) is 0.785. The predicted octanol–water partition coefficient (Wildman–Crippen LogP) is 3.70. The summed E-state index contributed by atoms with van der Waals surface area (Å²) in [6.07, 6.45) is 2.09. The van der Waals surface area contributed by atoms with E-state index in [1.165, 1.54) is 9.40 Å². The van der Waals surface area contributed by atoms with E-state index in [0.29, 0.717) is 6.42 Å². The van der Waals surface area contributed by atoms with E-state index in [2.05, 4.69) is 22.5 Å². The van der Waals surface area contributed by atoms with Gasteiger partial charge in [-0.3, -0.25) is 4.98 Å². The van der Waals surface area contributed by atoms with Crippen LogP contribution in [0.2, 0.25) is 0 Å². The van der Waals surface area contributed by atoms with Crippen LogP contribution in [-0.4, -0.2) is 10.1 Å². The summed E-state index contributed by atoms with van der Waals surface area (Å²) in [5.74, 6) is 0. The molecule has 0 aliphatic rings. The summed E-state index contributed by atoms with van der Waals surface area (Å²) in [4.78, 5) is 6.19. The highest BCUT2D eigenvalue weighted by Gasteiger charge is 2.13. The number of thiazole rings is 1. The Morgan fingerprint density at radius 1 is 1.31 bits per heavy atom. The lowest BCUT2D eigenvalue weighted by Gasteiger charge is -2.05. The molecule has 16 heavy (non-hydrogen) atoms. The van der Waals surface area contributed by atoms with Crippen LogP contribution in [0.3, 0.4) is 0 Å². The van der Waals surface area contributed by atoms with Crippen molar-refractivity contribution >= 4 is 43.4 Å². The average Bonchev–Trinajstić information content (AvgIpc) is 2.91. The highest BCUT2D eigenvalue weighted by molar-refractivity contribution is 7.26. The number of aromatic nitrogens is 1. The van der Waals surface area contributed by atoms with E-state index in [0.717, 1.165) is 9.75 Å². The Bertz CT molecular complexity index is 553. The van der Waals surface area contributed by atoms with E-state index >= 15 is 0 Å². The molecule has 0 spiro atoms. The Morgan fingerprint density at radius 2 is 2.25 bits per heavy atom. The van der Waals surface area contributed by atoms with Gasteiger partial charge in [-0.1, -0.05) is 0 Å². The molecule has 1 N–H and O–H groups in total. The van der Waals surface area contributed by atoms with Crippen molar-refractivity contribution in [1.29, 1.82) is 0 Å². The summed E-state index contributed by atoms with van der Waals surface area (Å²) in [6, 6.07) is 4.20. The highest BCUT2D eigenvalue weighted by atomic mass is 32.1. The van der Waals surface area contributed by atoms with Gasteiger partial charge in [0.2, 0.25) is 0 Å². The molecule has 82 valence electrons. The second-order valence-corrected chi connectivity index (χ2v) is 6.52. The molecular formula is C11H9NOS3. The summed E-state index contributed by atoms with van der Waals surface area (Å²) in [5, 5.41) is 12.2. The smallest absolute Gasteiger partial charge is 0.0931 e. The van der Waals surface area contributed by atoms with E-state index in [-0.39, 0.29) is 0 Å². The molecule has 0 fully saturated rings. The number of aliphatic hydroxyl groups excluding tert-OH is 1. The van der Waals surface area contributed by atoms with Crippen LogP contribution in [0.15, 0.2) is 29.2 Å². The van der Waals surface area contributed by atoms with Gasteiger partial charge >= 0.3 is 0 Å². The van der Waals surface area contributed by atoms with Crippen LogP contribution < -0.4 is 0 Å². The lowest BCUT2D eigenvalue weighted by atomic mass is 10.2. The van der Waals surface area contributed by atoms with Crippen LogP contribution in [0.25, 0.3) is 9.40 Å². The Hall–Kier alpha value is -0.750. The molecule has 3 aromatic heterocycles. The topological polar surface area (TPSA) is 33.1 Å². The third kappa shape index (κ3) is 1.91. The maximum Gasteiger partial charge on any atom is 0.0931 e. The second kappa shape index (κ2) is 4.25. The van der Waals surface area contributed by atoms with Gasteiger partial charge in [-0.05, 0) is 17.5 Å². The van der Waals surface area contributed by atoms with Gasteiger partial charge in [-0.25, -0.2) is 0 Å². The number of hydrogen-bond acceptors (Lipinski definition) is 5. The zero-order valence-corrected chi connectivity index (χ0v) is 10.7. The summed E-state index contributed by atoms with van der Waals surface area (Å²) in [7, 11) is 0. The molecule has 0 aliphatic carbocycles. The van der Waals surface area contributed by atoms with E-state index in [9.17, 15) is 5.11 Å². The summed E-state index contributed by atoms with van der Waals surface area (Å²) in [6.45, 7) is 0. The molecule has 0 saturated carbocycles. The largest absolute Gasteiger partial charge is 0.387 e. The van der Waals surface area contributed by atoms with E-state index < -0.39 is 6.10 Å². The fourth-order valence-electron chi connectivity index (χ4n) is 1.58. The normalized spacial score (nSPS) is 13.3. The van der Waals surface area contributed by atoms with Gasteiger partial charge in [-0.15, -0.1) is 34.0 Å². The van der Waals surface area contributed by atoms with Crippen molar-refractivity contribution < 1.29 is 5.11 Å². The van der Waals surface area contributed by atoms with Crippen molar-refractivity contribution in [3.8, 4) is 0 Å². The number of thiophene rings is 2. The first-order valence-electron chi connectivity index (χ1n) is 4.85. The third-order valence-electron chi connectivity index (χ3n) is 2.36. The molecule has 0 radical (unpaired) electrons. The van der Waals surface area contributed by atoms with Gasteiger partial charge in [-0.2, -0.15) is 0 Å². The van der Waals surface area contributed by atoms with Crippen molar-refractivity contribution in [1.82, 2.24) is 4.98 Å². The van der Waals surface area contributed by atoms with Gasteiger partial charge in [0.1, 0.15) is 0 Å². The van der Waals surface area contributed by atoms with Crippen LogP contribution in [0.4, 0.5) is 0 Å². The van der Waals surface area contributed by atoms with Crippen LogP contribution in [0.5, 0.6) is 0 Å². The van der Waals surface area contributed by atoms with E-state index in [1.54, 1.807) is 39.5 Å². The minimum absolute atomic E-state index is 0.398. The first-order valence-corrected chi connectivity index (χ1v) is 7.43.